The van der Waals surface area contributed by atoms with E-state index in [9.17, 15) is 4.79 Å². The zero-order chi connectivity index (χ0) is 11.0. The third kappa shape index (κ3) is 1.74. The number of aromatic nitrogens is 4. The Labute approximate surface area is 91.1 Å². The summed E-state index contributed by atoms with van der Waals surface area (Å²) < 4.78 is 1.24. The summed E-state index contributed by atoms with van der Waals surface area (Å²) in [5.41, 5.74) is 0.966. The second-order valence-electron chi connectivity index (χ2n) is 3.52. The number of nitrogens with zero attached hydrogens (tertiary/aromatic N) is 3. The molecule has 0 aliphatic rings. The minimum atomic E-state index is -0.332. The number of hydrogen-bond donors (Lipinski definition) is 1. The van der Waals surface area contributed by atoms with Gasteiger partial charge in [0.25, 0.3) is 0 Å². The second-order valence-corrected chi connectivity index (χ2v) is 4.21. The van der Waals surface area contributed by atoms with Crippen molar-refractivity contribution in [3.63, 3.8) is 0 Å². The lowest BCUT2D eigenvalue weighted by Crippen LogP contribution is -2.16. The lowest BCUT2D eigenvalue weighted by Gasteiger charge is -2.12. The number of alkyl halides is 1. The minimum Gasteiger partial charge on any atom is -0.244 e. The van der Waals surface area contributed by atoms with Crippen LogP contribution >= 0.6 is 11.6 Å². The molecule has 0 aliphatic heterocycles. The molecule has 2 rings (SSSR count). The molecule has 1 N–H and O–H groups in total. The normalized spacial score (nSPS) is 15.4. The van der Waals surface area contributed by atoms with E-state index in [4.69, 9.17) is 11.6 Å². The smallest absolute Gasteiger partial charge is 0.244 e. The quantitative estimate of drug-likeness (QED) is 0.782. The summed E-state index contributed by atoms with van der Waals surface area (Å²) in [6.45, 7) is 3.87. The van der Waals surface area contributed by atoms with Gasteiger partial charge in [0.1, 0.15) is 0 Å². The topological polar surface area (TPSA) is 63.0 Å². The summed E-state index contributed by atoms with van der Waals surface area (Å²) in [6.07, 6.45) is 0. The van der Waals surface area contributed by atoms with E-state index in [-0.39, 0.29) is 17.0 Å². The Kier molecular flexibility index (Phi) is 2.48. The van der Waals surface area contributed by atoms with Crippen LogP contribution in [-0.2, 0) is 0 Å². The van der Waals surface area contributed by atoms with Crippen molar-refractivity contribution in [2.75, 3.05) is 0 Å². The largest absolute Gasteiger partial charge is 0.364 e. The van der Waals surface area contributed by atoms with Gasteiger partial charge in [0.15, 0.2) is 5.65 Å². The number of fused-ring (bicyclic) bond motifs is 1. The molecule has 0 spiro atoms. The first-order valence-electron chi connectivity index (χ1n) is 4.68. The highest BCUT2D eigenvalue weighted by molar-refractivity contribution is 6.20. The Bertz CT molecular complexity index is 530. The van der Waals surface area contributed by atoms with Gasteiger partial charge in [-0.05, 0) is 19.1 Å². The molecule has 0 fully saturated rings. The third-order valence-electron chi connectivity index (χ3n) is 2.45. The van der Waals surface area contributed by atoms with Gasteiger partial charge in [0.05, 0.1) is 5.69 Å². The zero-order valence-corrected chi connectivity index (χ0v) is 9.19. The Morgan fingerprint density at radius 2 is 2.20 bits per heavy atom. The molecule has 0 aliphatic carbocycles. The Balaban J connectivity index is 2.55. The van der Waals surface area contributed by atoms with E-state index < -0.39 is 0 Å². The maximum Gasteiger partial charge on any atom is 0.364 e. The van der Waals surface area contributed by atoms with E-state index in [1.807, 2.05) is 19.9 Å². The van der Waals surface area contributed by atoms with Crippen molar-refractivity contribution in [1.82, 2.24) is 19.8 Å². The summed E-state index contributed by atoms with van der Waals surface area (Å²) in [7, 11) is 0. The first kappa shape index (κ1) is 10.2. The Morgan fingerprint density at radius 1 is 1.47 bits per heavy atom. The van der Waals surface area contributed by atoms with E-state index in [0.717, 1.165) is 5.69 Å². The lowest BCUT2D eigenvalue weighted by atomic mass is 10.0. The molecule has 6 heteroatoms. The summed E-state index contributed by atoms with van der Waals surface area (Å²) in [6, 6.07) is 3.58. The van der Waals surface area contributed by atoms with Gasteiger partial charge in [0, 0.05) is 11.3 Å². The number of hydrogen-bond acceptors (Lipinski definition) is 3. The van der Waals surface area contributed by atoms with Gasteiger partial charge >= 0.3 is 5.69 Å². The average Bonchev–Trinajstić information content (AvgIpc) is 2.59. The highest BCUT2D eigenvalue weighted by atomic mass is 35.5. The van der Waals surface area contributed by atoms with Crippen molar-refractivity contribution in [1.29, 1.82) is 0 Å². The number of halogens is 1. The summed E-state index contributed by atoms with van der Waals surface area (Å²) in [5, 5.41) is 10.3. The fraction of sp³-hybridized carbons (Fsp3) is 0.444. The van der Waals surface area contributed by atoms with Crippen LogP contribution in [0, 0.1) is 0 Å². The van der Waals surface area contributed by atoms with E-state index >= 15 is 0 Å². The predicted octanol–water partition coefficient (Wildman–Crippen LogP) is 1.15. The van der Waals surface area contributed by atoms with Gasteiger partial charge in [-0.25, -0.2) is 9.89 Å². The maximum atomic E-state index is 11.3. The molecule has 80 valence electrons. The van der Waals surface area contributed by atoms with Gasteiger partial charge in [-0.15, -0.1) is 11.6 Å². The average molecular weight is 227 g/mol. The molecule has 0 radical (unpaired) electrons. The zero-order valence-electron chi connectivity index (χ0n) is 8.44. The Morgan fingerprint density at radius 3 is 2.87 bits per heavy atom. The standard InChI is InChI=1S/C9H11ClN4O/c1-5(6(2)10)7-3-4-8-11-12-9(15)14(8)13-7/h3-6H,1-2H3,(H,12,15). The highest BCUT2D eigenvalue weighted by Gasteiger charge is 2.14. The van der Waals surface area contributed by atoms with Crippen molar-refractivity contribution < 1.29 is 0 Å². The molecule has 2 heterocycles. The third-order valence-corrected chi connectivity index (χ3v) is 2.83. The van der Waals surface area contributed by atoms with Crippen LogP contribution in [0.1, 0.15) is 25.5 Å². The van der Waals surface area contributed by atoms with Crippen LogP contribution in [0.15, 0.2) is 16.9 Å². The van der Waals surface area contributed by atoms with Crippen molar-refractivity contribution in [3.8, 4) is 0 Å². The molecule has 2 aromatic rings. The molecule has 2 atom stereocenters. The van der Waals surface area contributed by atoms with Crippen LogP contribution < -0.4 is 5.69 Å². The van der Waals surface area contributed by atoms with E-state index in [2.05, 4.69) is 15.3 Å². The fourth-order valence-electron chi connectivity index (χ4n) is 1.30. The van der Waals surface area contributed by atoms with E-state index in [1.165, 1.54) is 4.52 Å². The number of nitrogens with one attached hydrogen (secondary N) is 1. The molecule has 5 nitrogen and oxygen atoms in total. The van der Waals surface area contributed by atoms with Crippen LogP contribution in [0.3, 0.4) is 0 Å². The van der Waals surface area contributed by atoms with Gasteiger partial charge < -0.3 is 0 Å². The van der Waals surface area contributed by atoms with E-state index in [1.54, 1.807) is 6.07 Å². The first-order chi connectivity index (χ1) is 7.09. The second kappa shape index (κ2) is 3.66. The molecule has 0 aromatic carbocycles. The Hall–Kier alpha value is -1.36. The molecule has 0 saturated carbocycles. The highest BCUT2D eigenvalue weighted by Crippen LogP contribution is 2.20. The first-order valence-corrected chi connectivity index (χ1v) is 5.11. The molecule has 0 amide bonds. The van der Waals surface area contributed by atoms with Crippen molar-refractivity contribution in [3.05, 3.63) is 28.3 Å². The molecular weight excluding hydrogens is 216 g/mol. The predicted molar refractivity (Wildman–Crippen MR) is 57.3 cm³/mol. The molecule has 2 aromatic heterocycles. The molecular formula is C9H11ClN4O. The van der Waals surface area contributed by atoms with Crippen molar-refractivity contribution in [2.24, 2.45) is 0 Å². The molecule has 2 unspecified atom stereocenters. The van der Waals surface area contributed by atoms with Gasteiger partial charge in [0.2, 0.25) is 0 Å². The SMILES string of the molecule is CC(Cl)C(C)c1ccc2n[nH]c(=O)n2n1. The van der Waals surface area contributed by atoms with Gasteiger partial charge in [-0.1, -0.05) is 6.92 Å². The summed E-state index contributed by atoms with van der Waals surface area (Å²) >= 11 is 5.98. The van der Waals surface area contributed by atoms with Crippen molar-refractivity contribution in [2.45, 2.75) is 25.1 Å². The summed E-state index contributed by atoms with van der Waals surface area (Å²) in [4.78, 5) is 11.3. The van der Waals surface area contributed by atoms with Gasteiger partial charge in [-0.3, -0.25) is 0 Å². The van der Waals surface area contributed by atoms with Crippen molar-refractivity contribution >= 4 is 17.2 Å². The number of rotatable bonds is 2. The number of aromatic amines is 1. The fourth-order valence-corrected chi connectivity index (χ4v) is 1.42. The maximum absolute atomic E-state index is 11.3. The molecule has 0 saturated heterocycles. The molecule has 15 heavy (non-hydrogen) atoms. The van der Waals surface area contributed by atoms with Gasteiger partial charge in [-0.2, -0.15) is 14.7 Å². The van der Waals surface area contributed by atoms with Crippen LogP contribution in [0.2, 0.25) is 0 Å². The monoisotopic (exact) mass is 226 g/mol. The van der Waals surface area contributed by atoms with Crippen LogP contribution in [0.4, 0.5) is 0 Å². The van der Waals surface area contributed by atoms with E-state index in [0.29, 0.717) is 5.65 Å². The molecule has 0 bridgehead atoms. The van der Waals surface area contributed by atoms with Crippen LogP contribution in [0.5, 0.6) is 0 Å². The van der Waals surface area contributed by atoms with Crippen LogP contribution in [0.25, 0.3) is 5.65 Å². The lowest BCUT2D eigenvalue weighted by molar-refractivity contribution is 0.682. The summed E-state index contributed by atoms with van der Waals surface area (Å²) in [5.74, 6) is 0.0952. The van der Waals surface area contributed by atoms with Crippen LogP contribution in [-0.4, -0.2) is 25.2 Å². The minimum absolute atomic E-state index is 0.0300. The number of H-pyrrole nitrogens is 1.